The molecule has 0 aromatic carbocycles. The maximum atomic E-state index is 11.7. The molecule has 174 valence electrons. The topological polar surface area (TPSA) is 54.0 Å². The number of unbranched alkanes of at least 4 members (excludes halogenated alkanes) is 1. The van der Waals surface area contributed by atoms with E-state index in [1.54, 1.807) is 7.11 Å². The molecule has 0 spiro atoms. The van der Waals surface area contributed by atoms with E-state index in [2.05, 4.69) is 27.4 Å². The Morgan fingerprint density at radius 1 is 1.13 bits per heavy atom. The molecule has 4 unspecified atom stereocenters. The summed E-state index contributed by atoms with van der Waals surface area (Å²) in [6.45, 7) is 11.7. The first-order valence-electron chi connectivity index (χ1n) is 11.9. The van der Waals surface area contributed by atoms with Crippen LogP contribution >= 0.6 is 0 Å². The molecular weight excluding hydrogens is 380 g/mol. The van der Waals surface area contributed by atoms with Gasteiger partial charge in [0.2, 0.25) is 0 Å². The van der Waals surface area contributed by atoms with Crippen LogP contribution in [0.15, 0.2) is 12.2 Å². The first-order valence-corrected chi connectivity index (χ1v) is 11.9. The molecule has 0 saturated heterocycles. The normalized spacial score (nSPS) is 28.8. The van der Waals surface area contributed by atoms with E-state index in [-0.39, 0.29) is 17.1 Å². The van der Waals surface area contributed by atoms with E-state index >= 15 is 0 Å². The lowest BCUT2D eigenvalue weighted by Gasteiger charge is -2.44. The van der Waals surface area contributed by atoms with Gasteiger partial charge in [-0.1, -0.05) is 39.3 Å². The van der Waals surface area contributed by atoms with Gasteiger partial charge in [0.05, 0.1) is 12.7 Å². The summed E-state index contributed by atoms with van der Waals surface area (Å²) >= 11 is 0. The van der Waals surface area contributed by atoms with Crippen LogP contribution in [-0.2, 0) is 18.9 Å². The molecule has 5 nitrogen and oxygen atoms in total. The van der Waals surface area contributed by atoms with Crippen molar-refractivity contribution in [2.45, 2.75) is 103 Å². The number of rotatable bonds is 12. The third kappa shape index (κ3) is 5.79. The van der Waals surface area contributed by atoms with Crippen molar-refractivity contribution in [1.29, 1.82) is 0 Å². The summed E-state index contributed by atoms with van der Waals surface area (Å²) in [5, 5.41) is 0. The van der Waals surface area contributed by atoms with Gasteiger partial charge in [0.1, 0.15) is 12.9 Å². The average molecular weight is 425 g/mol. The van der Waals surface area contributed by atoms with Gasteiger partial charge < -0.3 is 18.9 Å². The van der Waals surface area contributed by atoms with Crippen LogP contribution < -0.4 is 0 Å². The van der Waals surface area contributed by atoms with Crippen LogP contribution in [-0.4, -0.2) is 38.9 Å². The second kappa shape index (κ2) is 11.5. The van der Waals surface area contributed by atoms with Gasteiger partial charge in [-0.15, -0.1) is 0 Å². The Bertz CT molecular complexity index is 556. The summed E-state index contributed by atoms with van der Waals surface area (Å²) in [5.74, 6) is 0.945. The minimum Gasteiger partial charge on any atom is -0.438 e. The van der Waals surface area contributed by atoms with Crippen LogP contribution in [0.5, 0.6) is 0 Å². The van der Waals surface area contributed by atoms with E-state index in [1.165, 1.54) is 19.1 Å². The fraction of sp³-hybridized carbons (Fsp3) is 0.880. The number of methoxy groups -OCH3 is 2. The maximum Gasteiger partial charge on any atom is 0.508 e. The molecule has 0 radical (unpaired) electrons. The number of hydrogen-bond donors (Lipinski definition) is 0. The number of carbonyl (C=O) groups excluding carboxylic acids is 1. The van der Waals surface area contributed by atoms with Crippen molar-refractivity contribution in [1.82, 2.24) is 0 Å². The van der Waals surface area contributed by atoms with E-state index in [9.17, 15) is 4.79 Å². The Labute approximate surface area is 183 Å². The van der Waals surface area contributed by atoms with Crippen molar-refractivity contribution in [3.8, 4) is 0 Å². The molecule has 2 rings (SSSR count). The number of hydrogen-bond acceptors (Lipinski definition) is 5. The van der Waals surface area contributed by atoms with Crippen LogP contribution in [0, 0.1) is 17.3 Å². The van der Waals surface area contributed by atoms with Gasteiger partial charge in [0.25, 0.3) is 0 Å². The van der Waals surface area contributed by atoms with Gasteiger partial charge in [0, 0.05) is 13.0 Å². The van der Waals surface area contributed by atoms with Gasteiger partial charge in [0.15, 0.2) is 0 Å². The molecule has 0 aromatic heterocycles. The fourth-order valence-electron chi connectivity index (χ4n) is 6.14. The second-order valence-electron chi connectivity index (χ2n) is 9.55. The molecule has 2 fully saturated rings. The van der Waals surface area contributed by atoms with Crippen molar-refractivity contribution in [3.05, 3.63) is 12.2 Å². The molecular formula is C25H44O5. The summed E-state index contributed by atoms with van der Waals surface area (Å²) < 4.78 is 21.5. The highest BCUT2D eigenvalue weighted by Crippen LogP contribution is 2.58. The van der Waals surface area contributed by atoms with Crippen molar-refractivity contribution in [2.75, 3.05) is 21.0 Å². The van der Waals surface area contributed by atoms with E-state index in [1.807, 2.05) is 0 Å². The number of carbonyl (C=O) groups is 1. The van der Waals surface area contributed by atoms with E-state index < -0.39 is 6.16 Å². The zero-order valence-corrected chi connectivity index (χ0v) is 20.0. The van der Waals surface area contributed by atoms with Crippen LogP contribution in [0.3, 0.4) is 0 Å². The van der Waals surface area contributed by atoms with E-state index in [4.69, 9.17) is 18.9 Å². The molecule has 30 heavy (non-hydrogen) atoms. The van der Waals surface area contributed by atoms with E-state index in [0.717, 1.165) is 64.2 Å². The molecule has 0 aromatic rings. The Hall–Kier alpha value is -1.07. The molecule has 4 atom stereocenters. The third-order valence-corrected chi connectivity index (χ3v) is 8.12. The fourth-order valence-corrected chi connectivity index (χ4v) is 6.14. The smallest absolute Gasteiger partial charge is 0.438 e. The summed E-state index contributed by atoms with van der Waals surface area (Å²) in [6.07, 6.45) is 11.4. The number of fused-ring (bicyclic) bond motifs is 1. The SMILES string of the molecule is C=C(CCCCC(CC)(CC)OCOC)C1CCC2C(OC(=O)OC)CCCC12C. The van der Waals surface area contributed by atoms with Gasteiger partial charge in [-0.2, -0.15) is 0 Å². The number of allylic oxidation sites excluding steroid dienone is 1. The molecule has 0 bridgehead atoms. The second-order valence-corrected chi connectivity index (χ2v) is 9.55. The first-order chi connectivity index (χ1) is 14.4. The van der Waals surface area contributed by atoms with E-state index in [0.29, 0.717) is 18.6 Å². The molecule has 0 heterocycles. The van der Waals surface area contributed by atoms with Gasteiger partial charge in [-0.25, -0.2) is 4.79 Å². The van der Waals surface area contributed by atoms with Crippen molar-refractivity contribution >= 4 is 6.16 Å². The minimum atomic E-state index is -0.544. The largest absolute Gasteiger partial charge is 0.508 e. The highest BCUT2D eigenvalue weighted by molar-refractivity contribution is 5.59. The highest BCUT2D eigenvalue weighted by atomic mass is 16.7. The molecule has 0 amide bonds. The van der Waals surface area contributed by atoms with Gasteiger partial charge in [-0.05, 0) is 75.5 Å². The molecule has 0 aliphatic heterocycles. The van der Waals surface area contributed by atoms with Crippen LogP contribution in [0.1, 0.15) is 91.4 Å². The third-order valence-electron chi connectivity index (χ3n) is 8.12. The summed E-state index contributed by atoms with van der Waals surface area (Å²) in [4.78, 5) is 11.7. The van der Waals surface area contributed by atoms with Gasteiger partial charge >= 0.3 is 6.16 Å². The predicted octanol–water partition coefficient (Wildman–Crippen LogP) is 6.65. The van der Waals surface area contributed by atoms with Crippen LogP contribution in [0.25, 0.3) is 0 Å². The van der Waals surface area contributed by atoms with Crippen LogP contribution in [0.4, 0.5) is 4.79 Å². The molecule has 5 heteroatoms. The highest BCUT2D eigenvalue weighted by Gasteiger charge is 2.53. The Morgan fingerprint density at radius 3 is 2.50 bits per heavy atom. The van der Waals surface area contributed by atoms with Gasteiger partial charge in [-0.3, -0.25) is 0 Å². The standard InChI is InChI=1S/C25H44O5/c1-7-25(8-2,29-18-27-5)17-10-9-12-19(3)20-14-15-21-22(30-23(26)28-6)13-11-16-24(20,21)4/h20-22H,3,7-18H2,1-2,4-6H3. The zero-order valence-electron chi connectivity index (χ0n) is 20.0. The lowest BCUT2D eigenvalue weighted by Crippen LogP contribution is -2.42. The molecule has 2 saturated carbocycles. The summed E-state index contributed by atoms with van der Waals surface area (Å²) in [7, 11) is 3.07. The van der Waals surface area contributed by atoms with Crippen molar-refractivity contribution in [3.63, 3.8) is 0 Å². The average Bonchev–Trinajstić information content (AvgIpc) is 3.11. The van der Waals surface area contributed by atoms with Crippen molar-refractivity contribution < 1.29 is 23.7 Å². The summed E-state index contributed by atoms with van der Waals surface area (Å²) in [5.41, 5.74) is 1.51. The Balaban J connectivity index is 1.88. The van der Waals surface area contributed by atoms with Crippen molar-refractivity contribution in [2.24, 2.45) is 17.3 Å². The summed E-state index contributed by atoms with van der Waals surface area (Å²) in [6, 6.07) is 0. The predicted molar refractivity (Wildman–Crippen MR) is 119 cm³/mol. The monoisotopic (exact) mass is 424 g/mol. The Kier molecular flexibility index (Phi) is 9.67. The molecule has 2 aliphatic carbocycles. The maximum absolute atomic E-state index is 11.7. The lowest BCUT2D eigenvalue weighted by atomic mass is 9.62. The molecule has 0 N–H and O–H groups in total. The quantitative estimate of drug-likeness (QED) is 0.152. The lowest BCUT2D eigenvalue weighted by molar-refractivity contribution is -0.138. The number of ether oxygens (including phenoxy) is 4. The van der Waals surface area contributed by atoms with Crippen LogP contribution in [0.2, 0.25) is 0 Å². The first kappa shape index (κ1) is 25.2. The minimum absolute atomic E-state index is 0.0124. The zero-order chi connectivity index (χ0) is 22.2. The molecule has 2 aliphatic rings. The Morgan fingerprint density at radius 2 is 1.87 bits per heavy atom.